The maximum absolute atomic E-state index is 13.4. The number of nitrogens with zero attached hydrogens (tertiary/aromatic N) is 3. The number of H-pyrrole nitrogens is 1. The first-order valence-electron chi connectivity index (χ1n) is 9.42. The Morgan fingerprint density at radius 2 is 2.14 bits per heavy atom. The van der Waals surface area contributed by atoms with E-state index in [0.717, 1.165) is 0 Å². The summed E-state index contributed by atoms with van der Waals surface area (Å²) in [6, 6.07) is -2.16. The number of rotatable bonds is 6. The average Bonchev–Trinajstić information content (AvgIpc) is 3.39. The highest BCUT2D eigenvalue weighted by Gasteiger charge is 2.43. The Morgan fingerprint density at radius 3 is 2.71 bits per heavy atom. The van der Waals surface area contributed by atoms with Crippen molar-refractivity contribution in [2.24, 2.45) is 11.7 Å². The van der Waals surface area contributed by atoms with Gasteiger partial charge >= 0.3 is 0 Å². The second kappa shape index (κ2) is 7.99. The number of likely N-dealkylation sites (tertiary alicyclic amines) is 1. The molecule has 0 radical (unpaired) electrons. The molecule has 4 N–H and O–H groups in total. The van der Waals surface area contributed by atoms with E-state index in [4.69, 9.17) is 5.73 Å². The number of carbonyl (C=O) groups excluding carboxylic acids is 4. The molecular weight excluding hydrogens is 364 g/mol. The number of aromatic amines is 1. The number of aromatic nitrogens is 2. The van der Waals surface area contributed by atoms with Gasteiger partial charge in [-0.25, -0.2) is 4.98 Å². The quantitative estimate of drug-likeness (QED) is 0.558. The van der Waals surface area contributed by atoms with Crippen molar-refractivity contribution in [3.63, 3.8) is 0 Å². The Kier molecular flexibility index (Phi) is 5.66. The molecule has 2 aliphatic heterocycles. The summed E-state index contributed by atoms with van der Waals surface area (Å²) in [6.45, 7) is 2.30. The van der Waals surface area contributed by atoms with E-state index >= 15 is 0 Å². The van der Waals surface area contributed by atoms with Gasteiger partial charge in [-0.2, -0.15) is 0 Å². The van der Waals surface area contributed by atoms with Crippen LogP contribution in [-0.2, 0) is 25.6 Å². The molecule has 2 saturated heterocycles. The van der Waals surface area contributed by atoms with E-state index in [2.05, 4.69) is 15.3 Å². The molecule has 0 spiro atoms. The first kappa shape index (κ1) is 19.8. The highest BCUT2D eigenvalue weighted by Crippen LogP contribution is 2.26. The van der Waals surface area contributed by atoms with E-state index in [1.807, 2.05) is 6.92 Å². The first-order valence-corrected chi connectivity index (χ1v) is 9.42. The van der Waals surface area contributed by atoms with Crippen molar-refractivity contribution in [2.75, 3.05) is 13.6 Å². The van der Waals surface area contributed by atoms with Crippen LogP contribution in [0.5, 0.6) is 0 Å². The highest BCUT2D eigenvalue weighted by molar-refractivity contribution is 5.95. The van der Waals surface area contributed by atoms with Gasteiger partial charge in [-0.3, -0.25) is 19.2 Å². The Morgan fingerprint density at radius 1 is 1.39 bits per heavy atom. The summed E-state index contributed by atoms with van der Waals surface area (Å²) in [5.74, 6) is -1.42. The maximum Gasteiger partial charge on any atom is 0.246 e. The standard InChI is InChI=1S/C18H26N6O4/c1-10-5-6-24(15(10)16(19)26)18(28)13(7-11-8-20-9-21-11)23(2)17(27)12-3-4-14(25)22-12/h8-10,12-13,15H,3-7H2,1-2H3,(H2,19,26)(H,20,21)(H,22,25)/t10-,12-,13-,15-/m0/s1. The number of primary amides is 1. The number of amides is 4. The minimum atomic E-state index is -0.836. The molecule has 1 aromatic heterocycles. The number of hydrogen-bond donors (Lipinski definition) is 3. The van der Waals surface area contributed by atoms with Crippen LogP contribution >= 0.6 is 0 Å². The molecule has 2 fully saturated rings. The highest BCUT2D eigenvalue weighted by atomic mass is 16.2. The summed E-state index contributed by atoms with van der Waals surface area (Å²) in [6.07, 6.45) is 4.67. The third-order valence-corrected chi connectivity index (χ3v) is 5.64. The van der Waals surface area contributed by atoms with Gasteiger partial charge in [0.25, 0.3) is 0 Å². The zero-order valence-electron chi connectivity index (χ0n) is 16.1. The zero-order valence-corrected chi connectivity index (χ0v) is 16.1. The lowest BCUT2D eigenvalue weighted by Gasteiger charge is -2.34. The fourth-order valence-corrected chi connectivity index (χ4v) is 4.01. The molecule has 0 unspecified atom stereocenters. The minimum absolute atomic E-state index is 0.0376. The molecule has 10 nitrogen and oxygen atoms in total. The van der Waals surface area contributed by atoms with E-state index < -0.39 is 24.0 Å². The lowest BCUT2D eigenvalue weighted by Crippen LogP contribution is -2.57. The Bertz CT molecular complexity index is 764. The van der Waals surface area contributed by atoms with Crippen molar-refractivity contribution in [3.8, 4) is 0 Å². The van der Waals surface area contributed by atoms with Crippen molar-refractivity contribution in [1.29, 1.82) is 0 Å². The van der Waals surface area contributed by atoms with Crippen molar-refractivity contribution in [3.05, 3.63) is 18.2 Å². The van der Waals surface area contributed by atoms with E-state index in [-0.39, 0.29) is 36.5 Å². The van der Waals surface area contributed by atoms with Crippen molar-refractivity contribution in [1.82, 2.24) is 25.1 Å². The van der Waals surface area contributed by atoms with Gasteiger partial charge in [-0.1, -0.05) is 6.92 Å². The van der Waals surface area contributed by atoms with Crippen LogP contribution in [-0.4, -0.2) is 75.1 Å². The summed E-state index contributed by atoms with van der Waals surface area (Å²) < 4.78 is 0. The molecule has 1 aromatic rings. The molecule has 4 atom stereocenters. The lowest BCUT2D eigenvalue weighted by atomic mass is 10.0. The maximum atomic E-state index is 13.4. The van der Waals surface area contributed by atoms with Crippen LogP contribution in [0.4, 0.5) is 0 Å². The molecule has 0 bridgehead atoms. The van der Waals surface area contributed by atoms with Crippen LogP contribution in [0.25, 0.3) is 0 Å². The number of imidazole rings is 1. The second-order valence-electron chi connectivity index (χ2n) is 7.55. The second-order valence-corrected chi connectivity index (χ2v) is 7.55. The summed E-state index contributed by atoms with van der Waals surface area (Å²) >= 11 is 0. The molecule has 152 valence electrons. The third kappa shape index (κ3) is 3.85. The molecule has 2 aliphatic rings. The fourth-order valence-electron chi connectivity index (χ4n) is 4.01. The Balaban J connectivity index is 1.84. The molecule has 0 aromatic carbocycles. The third-order valence-electron chi connectivity index (χ3n) is 5.64. The van der Waals surface area contributed by atoms with Crippen LogP contribution in [0.1, 0.15) is 31.9 Å². The van der Waals surface area contributed by atoms with Crippen LogP contribution in [0, 0.1) is 5.92 Å². The molecule has 3 heterocycles. The van der Waals surface area contributed by atoms with Crippen molar-refractivity contribution >= 4 is 23.6 Å². The Hall–Kier alpha value is -2.91. The number of nitrogens with two attached hydrogens (primary N) is 1. The van der Waals surface area contributed by atoms with E-state index in [1.165, 1.54) is 16.1 Å². The van der Waals surface area contributed by atoms with Gasteiger partial charge in [0.15, 0.2) is 0 Å². The van der Waals surface area contributed by atoms with Crippen molar-refractivity contribution in [2.45, 2.75) is 50.7 Å². The van der Waals surface area contributed by atoms with Crippen LogP contribution < -0.4 is 11.1 Å². The summed E-state index contributed by atoms with van der Waals surface area (Å²) in [7, 11) is 1.55. The van der Waals surface area contributed by atoms with Gasteiger partial charge in [0.1, 0.15) is 18.1 Å². The van der Waals surface area contributed by atoms with E-state index in [0.29, 0.717) is 25.1 Å². The first-order chi connectivity index (χ1) is 13.3. The fraction of sp³-hybridized carbons (Fsp3) is 0.611. The summed E-state index contributed by atoms with van der Waals surface area (Å²) in [5, 5.41) is 2.64. The van der Waals surface area contributed by atoms with Crippen LogP contribution in [0.2, 0.25) is 0 Å². The van der Waals surface area contributed by atoms with Gasteiger partial charge in [0.2, 0.25) is 23.6 Å². The van der Waals surface area contributed by atoms with Crippen LogP contribution in [0.3, 0.4) is 0 Å². The number of carbonyl (C=O) groups is 4. The SMILES string of the molecule is C[C@H]1CCN(C(=O)[C@H](Cc2cnc[nH]2)N(C)C(=O)[C@@H]2CCC(=O)N2)[C@@H]1C(N)=O. The predicted molar refractivity (Wildman–Crippen MR) is 98.5 cm³/mol. The average molecular weight is 390 g/mol. The predicted octanol–water partition coefficient (Wildman–Crippen LogP) is -1.22. The summed E-state index contributed by atoms with van der Waals surface area (Å²) in [5.41, 5.74) is 6.22. The van der Waals surface area contributed by atoms with E-state index in [9.17, 15) is 19.2 Å². The minimum Gasteiger partial charge on any atom is -0.368 e. The van der Waals surface area contributed by atoms with Crippen LogP contribution in [0.15, 0.2) is 12.5 Å². The smallest absolute Gasteiger partial charge is 0.246 e. The zero-order chi connectivity index (χ0) is 20.4. The molecule has 0 aliphatic carbocycles. The monoisotopic (exact) mass is 390 g/mol. The van der Waals surface area contributed by atoms with Crippen molar-refractivity contribution < 1.29 is 19.2 Å². The van der Waals surface area contributed by atoms with Gasteiger partial charge in [-0.15, -0.1) is 0 Å². The van der Waals surface area contributed by atoms with Gasteiger partial charge in [0.05, 0.1) is 6.33 Å². The molecule has 10 heteroatoms. The number of likely N-dealkylation sites (N-methyl/N-ethyl adjacent to an activating group) is 1. The molecule has 0 saturated carbocycles. The topological polar surface area (TPSA) is 141 Å². The lowest BCUT2D eigenvalue weighted by molar-refractivity contribution is -0.148. The number of nitrogens with one attached hydrogen (secondary N) is 2. The molecule has 4 amide bonds. The number of hydrogen-bond acceptors (Lipinski definition) is 5. The van der Waals surface area contributed by atoms with E-state index in [1.54, 1.807) is 13.2 Å². The summed E-state index contributed by atoms with van der Waals surface area (Å²) in [4.78, 5) is 59.4. The van der Waals surface area contributed by atoms with Gasteiger partial charge in [0, 0.05) is 38.3 Å². The largest absolute Gasteiger partial charge is 0.368 e. The Labute approximate surface area is 162 Å². The normalized spacial score (nSPS) is 25.4. The molecular formula is C18H26N6O4. The van der Waals surface area contributed by atoms with Gasteiger partial charge in [-0.05, 0) is 18.8 Å². The molecule has 3 rings (SSSR count). The molecule has 28 heavy (non-hydrogen) atoms. The van der Waals surface area contributed by atoms with Gasteiger partial charge < -0.3 is 25.8 Å².